The molecule has 1 aromatic carbocycles. The molecule has 0 bridgehead atoms. The summed E-state index contributed by atoms with van der Waals surface area (Å²) in [4.78, 5) is 2.49. The second-order valence-electron chi connectivity index (χ2n) is 5.78. The number of hydrogen-bond donors (Lipinski definition) is 0. The van der Waals surface area contributed by atoms with E-state index in [1.165, 1.54) is 37.9 Å². The minimum absolute atomic E-state index is 0.871. The highest BCUT2D eigenvalue weighted by Crippen LogP contribution is 2.28. The third-order valence-electron chi connectivity index (χ3n) is 4.21. The fraction of sp³-hybridized carbons (Fsp3) is 0.444. The average molecular weight is 285 g/mol. The van der Waals surface area contributed by atoms with Gasteiger partial charge in [-0.25, -0.2) is 0 Å². The lowest BCUT2D eigenvalue weighted by molar-refractivity contribution is 0.205. The largest absolute Gasteiger partial charge is 0.497 e. The summed E-state index contributed by atoms with van der Waals surface area (Å²) in [5, 5.41) is 0. The van der Waals surface area contributed by atoms with Crippen molar-refractivity contribution < 1.29 is 9.15 Å². The molecule has 2 heterocycles. The van der Waals surface area contributed by atoms with Crippen LogP contribution < -0.4 is 4.74 Å². The first kappa shape index (κ1) is 14.2. The van der Waals surface area contributed by atoms with Crippen LogP contribution in [0.2, 0.25) is 0 Å². The summed E-state index contributed by atoms with van der Waals surface area (Å²) in [6.45, 7) is 5.45. The molecular formula is C18H23NO2. The highest BCUT2D eigenvalue weighted by Gasteiger charge is 2.15. The zero-order chi connectivity index (χ0) is 14.7. The van der Waals surface area contributed by atoms with Crippen molar-refractivity contribution in [2.75, 3.05) is 20.2 Å². The monoisotopic (exact) mass is 285 g/mol. The van der Waals surface area contributed by atoms with Gasteiger partial charge in [-0.3, -0.25) is 4.90 Å². The van der Waals surface area contributed by atoms with Crippen LogP contribution in [0.5, 0.6) is 5.75 Å². The molecule has 0 atom stereocenters. The highest BCUT2D eigenvalue weighted by molar-refractivity contribution is 5.59. The van der Waals surface area contributed by atoms with Gasteiger partial charge >= 0.3 is 0 Å². The molecule has 1 aliphatic rings. The van der Waals surface area contributed by atoms with Crippen LogP contribution in [0, 0.1) is 6.92 Å². The molecule has 112 valence electrons. The zero-order valence-corrected chi connectivity index (χ0v) is 12.9. The minimum Gasteiger partial charge on any atom is -0.497 e. The summed E-state index contributed by atoms with van der Waals surface area (Å²) in [5.74, 6) is 2.92. The van der Waals surface area contributed by atoms with E-state index in [-0.39, 0.29) is 0 Å². The van der Waals surface area contributed by atoms with E-state index >= 15 is 0 Å². The Morgan fingerprint density at radius 3 is 2.48 bits per heavy atom. The van der Waals surface area contributed by atoms with Gasteiger partial charge in [0.15, 0.2) is 0 Å². The number of aryl methyl sites for hydroxylation is 1. The number of methoxy groups -OCH3 is 1. The van der Waals surface area contributed by atoms with Gasteiger partial charge in [-0.15, -0.1) is 0 Å². The van der Waals surface area contributed by atoms with Crippen LogP contribution in [0.3, 0.4) is 0 Å². The van der Waals surface area contributed by atoms with E-state index in [0.717, 1.165) is 29.4 Å². The Morgan fingerprint density at radius 2 is 1.81 bits per heavy atom. The standard InChI is InChI=1S/C18H23NO2/c1-14-12-17(15-6-8-16(20-2)9-7-15)21-18(14)13-19-10-4-3-5-11-19/h6-9,12H,3-5,10-11,13H2,1-2H3. The first-order valence-electron chi connectivity index (χ1n) is 7.72. The van der Waals surface area contributed by atoms with Gasteiger partial charge in [-0.05, 0) is 68.8 Å². The molecule has 0 amide bonds. The van der Waals surface area contributed by atoms with Gasteiger partial charge in [0.1, 0.15) is 17.3 Å². The average Bonchev–Trinajstić information content (AvgIpc) is 2.89. The Labute approximate surface area is 126 Å². The normalized spacial score (nSPS) is 16.1. The lowest BCUT2D eigenvalue weighted by Crippen LogP contribution is -2.29. The van der Waals surface area contributed by atoms with Crippen molar-refractivity contribution in [3.05, 3.63) is 41.7 Å². The molecule has 3 rings (SSSR count). The van der Waals surface area contributed by atoms with E-state index in [2.05, 4.69) is 17.9 Å². The Kier molecular flexibility index (Phi) is 4.30. The summed E-state index contributed by atoms with van der Waals surface area (Å²) < 4.78 is 11.3. The molecule has 3 nitrogen and oxygen atoms in total. The van der Waals surface area contributed by atoms with Crippen molar-refractivity contribution in [3.63, 3.8) is 0 Å². The fourth-order valence-corrected chi connectivity index (χ4v) is 2.89. The topological polar surface area (TPSA) is 25.6 Å². The van der Waals surface area contributed by atoms with Crippen LogP contribution in [-0.4, -0.2) is 25.1 Å². The van der Waals surface area contributed by atoms with Crippen LogP contribution in [0.25, 0.3) is 11.3 Å². The summed E-state index contributed by atoms with van der Waals surface area (Å²) in [6, 6.07) is 10.2. The lowest BCUT2D eigenvalue weighted by Gasteiger charge is -2.25. The molecule has 0 N–H and O–H groups in total. The van der Waals surface area contributed by atoms with Gasteiger partial charge in [-0.2, -0.15) is 0 Å². The smallest absolute Gasteiger partial charge is 0.134 e. The Morgan fingerprint density at radius 1 is 1.10 bits per heavy atom. The Hall–Kier alpha value is -1.74. The SMILES string of the molecule is COc1ccc(-c2cc(C)c(CN3CCCCC3)o2)cc1. The van der Waals surface area contributed by atoms with E-state index in [1.807, 2.05) is 24.3 Å². The number of piperidine rings is 1. The van der Waals surface area contributed by atoms with Crippen molar-refractivity contribution in [2.24, 2.45) is 0 Å². The summed E-state index contributed by atoms with van der Waals surface area (Å²) in [6.07, 6.45) is 3.99. The van der Waals surface area contributed by atoms with Gasteiger partial charge in [0.2, 0.25) is 0 Å². The molecule has 0 radical (unpaired) electrons. The minimum atomic E-state index is 0.871. The van der Waals surface area contributed by atoms with Crippen molar-refractivity contribution in [1.82, 2.24) is 4.90 Å². The van der Waals surface area contributed by atoms with Crippen LogP contribution in [-0.2, 0) is 6.54 Å². The molecule has 1 aromatic heterocycles. The van der Waals surface area contributed by atoms with Gasteiger partial charge in [0.05, 0.1) is 13.7 Å². The molecule has 1 saturated heterocycles. The predicted molar refractivity (Wildman–Crippen MR) is 84.6 cm³/mol. The molecule has 0 unspecified atom stereocenters. The summed E-state index contributed by atoms with van der Waals surface area (Å²) in [7, 11) is 1.68. The zero-order valence-electron chi connectivity index (χ0n) is 12.9. The second-order valence-corrected chi connectivity index (χ2v) is 5.78. The number of ether oxygens (including phenoxy) is 1. The van der Waals surface area contributed by atoms with Crippen molar-refractivity contribution in [3.8, 4) is 17.1 Å². The van der Waals surface area contributed by atoms with Gasteiger partial charge < -0.3 is 9.15 Å². The number of benzene rings is 1. The quantitative estimate of drug-likeness (QED) is 0.840. The molecule has 1 fully saturated rings. The highest BCUT2D eigenvalue weighted by atomic mass is 16.5. The molecule has 0 saturated carbocycles. The molecule has 1 aliphatic heterocycles. The van der Waals surface area contributed by atoms with Gasteiger partial charge in [0, 0.05) is 5.56 Å². The molecular weight excluding hydrogens is 262 g/mol. The van der Waals surface area contributed by atoms with Crippen LogP contribution >= 0.6 is 0 Å². The van der Waals surface area contributed by atoms with Gasteiger partial charge in [-0.1, -0.05) is 6.42 Å². The van der Waals surface area contributed by atoms with Crippen molar-refractivity contribution >= 4 is 0 Å². The maximum Gasteiger partial charge on any atom is 0.134 e. The van der Waals surface area contributed by atoms with E-state index in [4.69, 9.17) is 9.15 Å². The summed E-state index contributed by atoms with van der Waals surface area (Å²) >= 11 is 0. The molecule has 2 aromatic rings. The maximum atomic E-state index is 6.09. The number of nitrogens with zero attached hydrogens (tertiary/aromatic N) is 1. The van der Waals surface area contributed by atoms with Crippen LogP contribution in [0.1, 0.15) is 30.6 Å². The predicted octanol–water partition coefficient (Wildman–Crippen LogP) is 4.25. The van der Waals surface area contributed by atoms with E-state index in [9.17, 15) is 0 Å². The number of rotatable bonds is 4. The molecule has 0 spiro atoms. The molecule has 0 aliphatic carbocycles. The lowest BCUT2D eigenvalue weighted by atomic mass is 10.1. The summed E-state index contributed by atoms with van der Waals surface area (Å²) in [5.41, 5.74) is 2.34. The molecule has 21 heavy (non-hydrogen) atoms. The first-order chi connectivity index (χ1) is 10.3. The third kappa shape index (κ3) is 3.30. The second kappa shape index (κ2) is 6.35. The van der Waals surface area contributed by atoms with Crippen LogP contribution in [0.4, 0.5) is 0 Å². The number of furan rings is 1. The first-order valence-corrected chi connectivity index (χ1v) is 7.72. The van der Waals surface area contributed by atoms with Crippen LogP contribution in [0.15, 0.2) is 34.7 Å². The number of likely N-dealkylation sites (tertiary alicyclic amines) is 1. The third-order valence-corrected chi connectivity index (χ3v) is 4.21. The van der Waals surface area contributed by atoms with Gasteiger partial charge in [0.25, 0.3) is 0 Å². The number of hydrogen-bond acceptors (Lipinski definition) is 3. The fourth-order valence-electron chi connectivity index (χ4n) is 2.89. The van der Waals surface area contributed by atoms with E-state index < -0.39 is 0 Å². The Balaban J connectivity index is 1.76. The Bertz CT molecular complexity index is 580. The van der Waals surface area contributed by atoms with E-state index in [1.54, 1.807) is 7.11 Å². The maximum absolute atomic E-state index is 6.09. The van der Waals surface area contributed by atoms with Crippen molar-refractivity contribution in [1.29, 1.82) is 0 Å². The van der Waals surface area contributed by atoms with E-state index in [0.29, 0.717) is 0 Å². The molecule has 3 heteroatoms. The van der Waals surface area contributed by atoms with Crippen molar-refractivity contribution in [2.45, 2.75) is 32.7 Å².